The van der Waals surface area contributed by atoms with Crippen LogP contribution in [0, 0.1) is 0 Å². The largest absolute Gasteiger partial charge is 0.457 e. The maximum Gasteiger partial charge on any atom is 0.374 e. The second-order valence-corrected chi connectivity index (χ2v) is 5.95. The predicted octanol–water partition coefficient (Wildman–Crippen LogP) is 4.63. The lowest BCUT2D eigenvalue weighted by molar-refractivity contribution is -0.119. The van der Waals surface area contributed by atoms with Crippen LogP contribution in [0.2, 0.25) is 0 Å². The first-order valence-corrected chi connectivity index (χ1v) is 8.45. The average molecular weight is 416 g/mol. The summed E-state index contributed by atoms with van der Waals surface area (Å²) < 4.78 is 16.0. The van der Waals surface area contributed by atoms with E-state index in [1.807, 2.05) is 30.3 Å². The van der Waals surface area contributed by atoms with Crippen molar-refractivity contribution < 1.29 is 23.5 Å². The van der Waals surface area contributed by atoms with Crippen LogP contribution in [0.3, 0.4) is 0 Å². The standard InChI is InChI=1S/C19H14BrNO5/c20-17-11-10-16(26-17)19(23)24-12-18(22)21-13-6-8-15(9-7-13)25-14-4-2-1-3-5-14/h1-11H,12H2,(H,21,22). The van der Waals surface area contributed by atoms with Crippen molar-refractivity contribution in [2.75, 3.05) is 11.9 Å². The van der Waals surface area contributed by atoms with Gasteiger partial charge in [-0.05, 0) is 64.5 Å². The Kier molecular flexibility index (Phi) is 5.70. The number of hydrogen-bond acceptors (Lipinski definition) is 5. The highest BCUT2D eigenvalue weighted by Crippen LogP contribution is 2.22. The summed E-state index contributed by atoms with van der Waals surface area (Å²) in [5, 5.41) is 2.63. The molecule has 0 aliphatic rings. The fourth-order valence-electron chi connectivity index (χ4n) is 2.05. The Bertz CT molecular complexity index is 890. The van der Waals surface area contributed by atoms with Crippen molar-refractivity contribution >= 4 is 33.5 Å². The predicted molar refractivity (Wildman–Crippen MR) is 98.3 cm³/mol. The SMILES string of the molecule is O=C(COC(=O)c1ccc(Br)o1)Nc1ccc(Oc2ccccc2)cc1. The number of halogens is 1. The number of anilines is 1. The van der Waals surface area contributed by atoms with Crippen LogP contribution in [0.25, 0.3) is 0 Å². The molecule has 3 aromatic rings. The minimum atomic E-state index is -0.711. The highest BCUT2D eigenvalue weighted by molar-refractivity contribution is 9.10. The fourth-order valence-corrected chi connectivity index (χ4v) is 2.36. The number of rotatable bonds is 6. The molecule has 0 unspecified atom stereocenters. The molecule has 3 rings (SSSR count). The van der Waals surface area contributed by atoms with Crippen LogP contribution in [0.15, 0.2) is 75.8 Å². The molecule has 0 saturated heterocycles. The van der Waals surface area contributed by atoms with Gasteiger partial charge in [-0.25, -0.2) is 4.79 Å². The monoisotopic (exact) mass is 415 g/mol. The lowest BCUT2D eigenvalue weighted by Gasteiger charge is -2.08. The van der Waals surface area contributed by atoms with Crippen molar-refractivity contribution in [3.05, 3.63) is 77.2 Å². The lowest BCUT2D eigenvalue weighted by atomic mass is 10.3. The zero-order valence-corrected chi connectivity index (χ0v) is 15.1. The van der Waals surface area contributed by atoms with Crippen LogP contribution < -0.4 is 10.1 Å². The number of ether oxygens (including phenoxy) is 2. The van der Waals surface area contributed by atoms with Gasteiger partial charge in [-0.1, -0.05) is 18.2 Å². The number of amides is 1. The van der Waals surface area contributed by atoms with Gasteiger partial charge in [0.25, 0.3) is 5.91 Å². The fraction of sp³-hybridized carbons (Fsp3) is 0.0526. The lowest BCUT2D eigenvalue weighted by Crippen LogP contribution is -2.20. The Morgan fingerprint density at radius 1 is 0.923 bits per heavy atom. The molecule has 6 nitrogen and oxygen atoms in total. The van der Waals surface area contributed by atoms with Crippen LogP contribution in [0.1, 0.15) is 10.6 Å². The molecular weight excluding hydrogens is 402 g/mol. The van der Waals surface area contributed by atoms with E-state index >= 15 is 0 Å². The van der Waals surface area contributed by atoms with Gasteiger partial charge in [0.15, 0.2) is 11.3 Å². The number of furan rings is 1. The summed E-state index contributed by atoms with van der Waals surface area (Å²) in [6.45, 7) is -0.417. The van der Waals surface area contributed by atoms with Gasteiger partial charge in [0.1, 0.15) is 11.5 Å². The number of carbonyl (C=O) groups excluding carboxylic acids is 2. The molecular formula is C19H14BrNO5. The second-order valence-electron chi connectivity index (χ2n) is 5.17. The Labute approximate surface area is 157 Å². The van der Waals surface area contributed by atoms with E-state index in [2.05, 4.69) is 21.2 Å². The molecule has 0 aliphatic carbocycles. The van der Waals surface area contributed by atoms with Crippen molar-refractivity contribution in [3.8, 4) is 11.5 Å². The minimum absolute atomic E-state index is 0.0205. The van der Waals surface area contributed by atoms with E-state index in [1.165, 1.54) is 6.07 Å². The number of esters is 1. The molecule has 0 fully saturated rings. The first-order valence-electron chi connectivity index (χ1n) is 7.65. The van der Waals surface area contributed by atoms with Crippen LogP contribution >= 0.6 is 15.9 Å². The Hall–Kier alpha value is -3.06. The number of para-hydroxylation sites is 1. The van der Waals surface area contributed by atoms with Gasteiger partial charge in [-0.15, -0.1) is 0 Å². The maximum absolute atomic E-state index is 11.9. The highest BCUT2D eigenvalue weighted by Gasteiger charge is 2.14. The van der Waals surface area contributed by atoms with Crippen LogP contribution in [-0.2, 0) is 9.53 Å². The number of nitrogens with one attached hydrogen (secondary N) is 1. The van der Waals surface area contributed by atoms with Crippen LogP contribution in [0.5, 0.6) is 11.5 Å². The zero-order chi connectivity index (χ0) is 18.4. The molecule has 2 aromatic carbocycles. The van der Waals surface area contributed by atoms with Crippen molar-refractivity contribution in [2.24, 2.45) is 0 Å². The molecule has 0 saturated carbocycles. The zero-order valence-electron chi connectivity index (χ0n) is 13.5. The normalized spacial score (nSPS) is 10.2. The summed E-state index contributed by atoms with van der Waals surface area (Å²) in [7, 11) is 0. The van der Waals surface area contributed by atoms with E-state index in [0.29, 0.717) is 16.1 Å². The van der Waals surface area contributed by atoms with Crippen molar-refractivity contribution in [2.45, 2.75) is 0 Å². The molecule has 26 heavy (non-hydrogen) atoms. The number of carbonyl (C=O) groups is 2. The van der Waals surface area contributed by atoms with E-state index in [4.69, 9.17) is 13.9 Å². The van der Waals surface area contributed by atoms with Gasteiger partial charge in [0.2, 0.25) is 5.76 Å². The average Bonchev–Trinajstić information content (AvgIpc) is 3.09. The molecule has 1 heterocycles. The quantitative estimate of drug-likeness (QED) is 0.593. The second kappa shape index (κ2) is 8.35. The van der Waals surface area contributed by atoms with E-state index in [-0.39, 0.29) is 5.76 Å². The van der Waals surface area contributed by atoms with Crippen molar-refractivity contribution in [1.82, 2.24) is 0 Å². The Morgan fingerprint density at radius 3 is 2.27 bits per heavy atom. The third-order valence-electron chi connectivity index (χ3n) is 3.23. The molecule has 0 atom stereocenters. The number of benzene rings is 2. The van der Waals surface area contributed by atoms with Crippen LogP contribution in [-0.4, -0.2) is 18.5 Å². The van der Waals surface area contributed by atoms with E-state index < -0.39 is 18.5 Å². The van der Waals surface area contributed by atoms with Gasteiger partial charge in [0, 0.05) is 5.69 Å². The molecule has 1 aromatic heterocycles. The summed E-state index contributed by atoms with van der Waals surface area (Å²) in [5.41, 5.74) is 0.562. The third-order valence-corrected chi connectivity index (χ3v) is 3.65. The van der Waals surface area contributed by atoms with E-state index in [0.717, 1.165) is 5.75 Å². The van der Waals surface area contributed by atoms with E-state index in [9.17, 15) is 9.59 Å². The molecule has 1 N–H and O–H groups in total. The molecule has 132 valence electrons. The molecule has 1 amide bonds. The molecule has 0 bridgehead atoms. The van der Waals surface area contributed by atoms with Gasteiger partial charge in [0.05, 0.1) is 0 Å². The van der Waals surface area contributed by atoms with Gasteiger partial charge in [-0.3, -0.25) is 4.79 Å². The topological polar surface area (TPSA) is 77.8 Å². The smallest absolute Gasteiger partial charge is 0.374 e. The third kappa shape index (κ3) is 4.97. The van der Waals surface area contributed by atoms with E-state index in [1.54, 1.807) is 30.3 Å². The first kappa shape index (κ1) is 17.8. The highest BCUT2D eigenvalue weighted by atomic mass is 79.9. The molecule has 7 heteroatoms. The van der Waals surface area contributed by atoms with Gasteiger partial charge in [-0.2, -0.15) is 0 Å². The summed E-state index contributed by atoms with van der Waals surface area (Å²) in [5.74, 6) is 0.218. The summed E-state index contributed by atoms with van der Waals surface area (Å²) in [6, 6.07) is 19.2. The van der Waals surface area contributed by atoms with Crippen LogP contribution in [0.4, 0.5) is 5.69 Å². The molecule has 0 radical (unpaired) electrons. The first-order chi connectivity index (χ1) is 12.6. The minimum Gasteiger partial charge on any atom is -0.457 e. The summed E-state index contributed by atoms with van der Waals surface area (Å²) in [4.78, 5) is 23.6. The van der Waals surface area contributed by atoms with Gasteiger partial charge < -0.3 is 19.2 Å². The van der Waals surface area contributed by atoms with Crippen molar-refractivity contribution in [1.29, 1.82) is 0 Å². The number of hydrogen-bond donors (Lipinski definition) is 1. The maximum atomic E-state index is 11.9. The molecule has 0 spiro atoms. The Balaban J connectivity index is 1.49. The molecule has 0 aliphatic heterocycles. The van der Waals surface area contributed by atoms with Gasteiger partial charge >= 0.3 is 5.97 Å². The summed E-state index contributed by atoms with van der Waals surface area (Å²) in [6.07, 6.45) is 0. The van der Waals surface area contributed by atoms with Crippen molar-refractivity contribution in [3.63, 3.8) is 0 Å². The summed E-state index contributed by atoms with van der Waals surface area (Å²) >= 11 is 3.09. The Morgan fingerprint density at radius 2 is 1.62 bits per heavy atom.